The number of carbonyl (C=O) groups excluding carboxylic acids is 2. The number of carbonyl (C=O) groups is 2. The minimum absolute atomic E-state index is 0.0966. The Balaban J connectivity index is 1.59. The predicted octanol–water partition coefficient (Wildman–Crippen LogP) is 3.00. The molecule has 1 heterocycles. The van der Waals surface area contributed by atoms with Crippen LogP contribution < -0.4 is 11.0 Å². The van der Waals surface area contributed by atoms with Crippen molar-refractivity contribution in [1.82, 2.24) is 15.2 Å². The van der Waals surface area contributed by atoms with Crippen LogP contribution in [0.15, 0.2) is 88.8 Å². The fraction of sp³-hybridized carbons (Fsp3) is 0.0800. The van der Waals surface area contributed by atoms with E-state index >= 15 is 0 Å². The van der Waals surface area contributed by atoms with Crippen molar-refractivity contribution in [2.75, 3.05) is 7.11 Å². The Morgan fingerprint density at radius 1 is 0.970 bits per heavy atom. The molecule has 33 heavy (non-hydrogen) atoms. The van der Waals surface area contributed by atoms with Crippen LogP contribution in [-0.4, -0.2) is 35.0 Å². The summed E-state index contributed by atoms with van der Waals surface area (Å²) in [6.45, 7) is 0.237. The lowest BCUT2D eigenvalue weighted by Crippen LogP contribution is -2.29. The lowest BCUT2D eigenvalue weighted by Gasteiger charge is -2.10. The topological polar surface area (TPSA) is 103 Å². The van der Waals surface area contributed by atoms with Gasteiger partial charge in [-0.15, -0.1) is 0 Å². The molecule has 164 valence electrons. The summed E-state index contributed by atoms with van der Waals surface area (Å²) in [6.07, 6.45) is 1.45. The van der Waals surface area contributed by atoms with Crippen LogP contribution in [0.5, 0.6) is 0 Å². The fourth-order valence-electron chi connectivity index (χ4n) is 3.31. The Labute approximate surface area is 189 Å². The van der Waals surface area contributed by atoms with Gasteiger partial charge < -0.3 is 4.74 Å². The minimum atomic E-state index is -0.546. The Morgan fingerprint density at radius 3 is 2.33 bits per heavy atom. The number of rotatable bonds is 6. The zero-order valence-corrected chi connectivity index (χ0v) is 17.8. The van der Waals surface area contributed by atoms with Crippen LogP contribution in [0.25, 0.3) is 10.8 Å². The van der Waals surface area contributed by atoms with Gasteiger partial charge >= 0.3 is 5.97 Å². The molecule has 0 saturated carbocycles. The van der Waals surface area contributed by atoms with Gasteiger partial charge in [0.25, 0.3) is 11.5 Å². The van der Waals surface area contributed by atoms with Gasteiger partial charge in [0.05, 0.1) is 30.8 Å². The second-order valence-electron chi connectivity index (χ2n) is 7.16. The van der Waals surface area contributed by atoms with Crippen LogP contribution in [-0.2, 0) is 11.3 Å². The standard InChI is InChI=1S/C25H20N4O4/c1-33-25(32)19-13-11-17(12-14-19)15-26-27-23(30)22-20-9-5-6-10-21(20)24(31)29(28-22)16-18-7-3-2-4-8-18/h2-15H,16H2,1H3,(H,27,30)/b26-15+. The second kappa shape index (κ2) is 9.69. The summed E-state index contributed by atoms with van der Waals surface area (Å²) in [5.41, 5.74) is 4.26. The van der Waals surface area contributed by atoms with Gasteiger partial charge in [-0.1, -0.05) is 60.7 Å². The number of nitrogens with one attached hydrogen (secondary N) is 1. The third-order valence-corrected chi connectivity index (χ3v) is 4.97. The molecule has 4 aromatic rings. The van der Waals surface area contributed by atoms with Crippen molar-refractivity contribution in [1.29, 1.82) is 0 Å². The number of benzene rings is 3. The summed E-state index contributed by atoms with van der Waals surface area (Å²) >= 11 is 0. The van der Waals surface area contributed by atoms with Gasteiger partial charge in [0.2, 0.25) is 0 Å². The molecule has 0 aliphatic heterocycles. The molecule has 8 heteroatoms. The van der Waals surface area contributed by atoms with E-state index < -0.39 is 11.9 Å². The quantitative estimate of drug-likeness (QED) is 0.282. The number of nitrogens with zero attached hydrogens (tertiary/aromatic N) is 3. The molecule has 0 saturated heterocycles. The lowest BCUT2D eigenvalue weighted by atomic mass is 10.1. The Hall–Kier alpha value is -4.59. The van der Waals surface area contributed by atoms with E-state index in [-0.39, 0.29) is 17.8 Å². The van der Waals surface area contributed by atoms with Gasteiger partial charge in [-0.25, -0.2) is 14.9 Å². The van der Waals surface area contributed by atoms with Gasteiger partial charge in [0.15, 0.2) is 5.69 Å². The number of ether oxygens (including phenoxy) is 1. The summed E-state index contributed by atoms with van der Waals surface area (Å²) in [4.78, 5) is 37.3. The molecular weight excluding hydrogens is 420 g/mol. The van der Waals surface area contributed by atoms with Crippen molar-refractivity contribution >= 4 is 28.9 Å². The summed E-state index contributed by atoms with van der Waals surface area (Å²) < 4.78 is 5.95. The van der Waals surface area contributed by atoms with Crippen molar-refractivity contribution in [3.8, 4) is 0 Å². The highest BCUT2D eigenvalue weighted by atomic mass is 16.5. The van der Waals surface area contributed by atoms with E-state index in [1.165, 1.54) is 18.0 Å². The van der Waals surface area contributed by atoms with Crippen LogP contribution in [0.3, 0.4) is 0 Å². The highest BCUT2D eigenvalue weighted by Gasteiger charge is 2.16. The number of methoxy groups -OCH3 is 1. The highest BCUT2D eigenvalue weighted by Crippen LogP contribution is 2.14. The van der Waals surface area contributed by atoms with E-state index in [1.54, 1.807) is 48.5 Å². The van der Waals surface area contributed by atoms with Crippen molar-refractivity contribution in [2.24, 2.45) is 5.10 Å². The van der Waals surface area contributed by atoms with Crippen molar-refractivity contribution in [2.45, 2.75) is 6.54 Å². The van der Waals surface area contributed by atoms with Crippen molar-refractivity contribution < 1.29 is 14.3 Å². The molecule has 0 aliphatic carbocycles. The second-order valence-corrected chi connectivity index (χ2v) is 7.16. The van der Waals surface area contributed by atoms with Gasteiger partial charge in [-0.2, -0.15) is 10.2 Å². The molecule has 1 N–H and O–H groups in total. The first kappa shape index (κ1) is 21.6. The van der Waals surface area contributed by atoms with Crippen molar-refractivity contribution in [3.63, 3.8) is 0 Å². The molecule has 0 radical (unpaired) electrons. The average molecular weight is 440 g/mol. The van der Waals surface area contributed by atoms with E-state index in [9.17, 15) is 14.4 Å². The summed E-state index contributed by atoms with van der Waals surface area (Å²) in [5, 5.41) is 9.16. The van der Waals surface area contributed by atoms with Gasteiger partial charge in [-0.3, -0.25) is 9.59 Å². The maximum absolute atomic E-state index is 12.9. The molecule has 1 amide bonds. The van der Waals surface area contributed by atoms with E-state index in [2.05, 4.69) is 20.4 Å². The first-order chi connectivity index (χ1) is 16.1. The molecule has 0 atom stereocenters. The summed E-state index contributed by atoms with van der Waals surface area (Å²) in [7, 11) is 1.31. The van der Waals surface area contributed by atoms with Crippen LogP contribution in [0, 0.1) is 0 Å². The molecular formula is C25H20N4O4. The van der Waals surface area contributed by atoms with Gasteiger partial charge in [0.1, 0.15) is 0 Å². The molecule has 0 bridgehead atoms. The summed E-state index contributed by atoms with van der Waals surface area (Å²) in [5.74, 6) is -0.981. The SMILES string of the molecule is COC(=O)c1ccc(/C=N/NC(=O)c2nn(Cc3ccccc3)c(=O)c3ccccc23)cc1. The summed E-state index contributed by atoms with van der Waals surface area (Å²) in [6, 6.07) is 22.8. The molecule has 4 rings (SSSR count). The Kier molecular flexibility index (Phi) is 6.36. The van der Waals surface area contributed by atoms with Gasteiger partial charge in [0, 0.05) is 5.39 Å². The molecule has 1 aromatic heterocycles. The fourth-order valence-corrected chi connectivity index (χ4v) is 3.31. The maximum Gasteiger partial charge on any atom is 0.337 e. The Bertz CT molecular complexity index is 1390. The van der Waals surface area contributed by atoms with E-state index in [0.29, 0.717) is 21.9 Å². The molecule has 0 unspecified atom stereocenters. The van der Waals surface area contributed by atoms with Crippen LogP contribution in [0.4, 0.5) is 0 Å². The monoisotopic (exact) mass is 440 g/mol. The zero-order valence-electron chi connectivity index (χ0n) is 17.8. The van der Waals surface area contributed by atoms with Gasteiger partial charge in [-0.05, 0) is 29.3 Å². The first-order valence-electron chi connectivity index (χ1n) is 10.1. The lowest BCUT2D eigenvalue weighted by molar-refractivity contribution is 0.0600. The number of hydrazone groups is 1. The van der Waals surface area contributed by atoms with Crippen LogP contribution in [0.1, 0.15) is 32.0 Å². The predicted molar refractivity (Wildman–Crippen MR) is 124 cm³/mol. The van der Waals surface area contributed by atoms with E-state index in [1.807, 2.05) is 30.3 Å². The van der Waals surface area contributed by atoms with Crippen LogP contribution >= 0.6 is 0 Å². The molecule has 3 aromatic carbocycles. The number of aromatic nitrogens is 2. The normalized spacial score (nSPS) is 10.9. The van der Waals surface area contributed by atoms with E-state index in [4.69, 9.17) is 0 Å². The average Bonchev–Trinajstić information content (AvgIpc) is 2.86. The number of amides is 1. The Morgan fingerprint density at radius 2 is 1.64 bits per heavy atom. The molecule has 0 fully saturated rings. The number of fused-ring (bicyclic) bond motifs is 1. The number of hydrogen-bond acceptors (Lipinski definition) is 6. The maximum atomic E-state index is 12.9. The molecule has 8 nitrogen and oxygen atoms in total. The number of esters is 1. The molecule has 0 spiro atoms. The highest BCUT2D eigenvalue weighted by molar-refractivity contribution is 6.05. The van der Waals surface area contributed by atoms with E-state index in [0.717, 1.165) is 5.56 Å². The number of hydrogen-bond donors (Lipinski definition) is 1. The first-order valence-corrected chi connectivity index (χ1v) is 10.1. The zero-order chi connectivity index (χ0) is 23.2. The third kappa shape index (κ3) is 4.85. The molecule has 0 aliphatic rings. The van der Waals surface area contributed by atoms with Crippen molar-refractivity contribution in [3.05, 3.63) is 112 Å². The van der Waals surface area contributed by atoms with Crippen LogP contribution in [0.2, 0.25) is 0 Å². The smallest absolute Gasteiger partial charge is 0.337 e. The minimum Gasteiger partial charge on any atom is -0.465 e. The largest absolute Gasteiger partial charge is 0.465 e. The third-order valence-electron chi connectivity index (χ3n) is 4.97.